The number of hydrogen-bond donors (Lipinski definition) is 2. The van der Waals surface area contributed by atoms with Gasteiger partial charge in [-0.3, -0.25) is 4.79 Å². The van der Waals surface area contributed by atoms with Gasteiger partial charge in [0.05, 0.1) is 5.69 Å². The van der Waals surface area contributed by atoms with E-state index in [1.165, 1.54) is 6.20 Å². The molecule has 2 aromatic rings. The summed E-state index contributed by atoms with van der Waals surface area (Å²) in [5.41, 5.74) is 7.22. The van der Waals surface area contributed by atoms with E-state index in [-0.39, 0.29) is 5.91 Å². The topological polar surface area (TPSA) is 72.9 Å². The summed E-state index contributed by atoms with van der Waals surface area (Å²) in [7, 11) is 1.75. The molecular formula is C11H11ClN4O. The molecule has 0 aromatic carbocycles. The monoisotopic (exact) mass is 250 g/mol. The number of hydrogen-bond acceptors (Lipinski definition) is 3. The van der Waals surface area contributed by atoms with Crippen LogP contribution in [0.15, 0.2) is 30.6 Å². The van der Waals surface area contributed by atoms with Gasteiger partial charge in [-0.15, -0.1) is 0 Å². The average Bonchev–Trinajstić information content (AvgIpc) is 2.58. The highest BCUT2D eigenvalue weighted by Crippen LogP contribution is 2.15. The van der Waals surface area contributed by atoms with E-state index in [1.54, 1.807) is 36.0 Å². The third kappa shape index (κ3) is 2.57. The molecule has 0 aliphatic heterocycles. The molecule has 17 heavy (non-hydrogen) atoms. The number of aryl methyl sites for hydroxylation is 1. The van der Waals surface area contributed by atoms with Gasteiger partial charge in [-0.25, -0.2) is 4.98 Å². The van der Waals surface area contributed by atoms with Crippen molar-refractivity contribution in [3.63, 3.8) is 0 Å². The van der Waals surface area contributed by atoms with Gasteiger partial charge in [-0.05, 0) is 18.2 Å². The van der Waals surface area contributed by atoms with Crippen LogP contribution in [0.2, 0.25) is 5.15 Å². The third-order valence-corrected chi connectivity index (χ3v) is 2.45. The molecule has 0 unspecified atom stereocenters. The van der Waals surface area contributed by atoms with E-state index in [0.29, 0.717) is 22.2 Å². The van der Waals surface area contributed by atoms with E-state index in [9.17, 15) is 4.79 Å². The number of nitrogens with one attached hydrogen (secondary N) is 1. The number of carbonyl (C=O) groups excluding carboxylic acids is 1. The minimum atomic E-state index is -0.244. The Morgan fingerprint density at radius 2 is 2.29 bits per heavy atom. The quantitative estimate of drug-likeness (QED) is 0.800. The summed E-state index contributed by atoms with van der Waals surface area (Å²) in [6, 6.07) is 4.85. The van der Waals surface area contributed by atoms with E-state index >= 15 is 0 Å². The van der Waals surface area contributed by atoms with Crippen LogP contribution < -0.4 is 11.1 Å². The molecule has 0 bridgehead atoms. The Morgan fingerprint density at radius 1 is 1.53 bits per heavy atom. The van der Waals surface area contributed by atoms with Gasteiger partial charge in [0.2, 0.25) is 0 Å². The molecule has 88 valence electrons. The van der Waals surface area contributed by atoms with Crippen LogP contribution >= 0.6 is 11.6 Å². The van der Waals surface area contributed by atoms with Crippen molar-refractivity contribution in [2.24, 2.45) is 7.05 Å². The fraction of sp³-hybridized carbons (Fsp3) is 0.0909. The number of halogens is 1. The Kier molecular flexibility index (Phi) is 3.01. The molecule has 0 atom stereocenters. The first kappa shape index (κ1) is 11.5. The molecule has 3 N–H and O–H groups in total. The smallest absolute Gasteiger partial charge is 0.272 e. The Balaban J connectivity index is 2.20. The molecule has 0 aliphatic carbocycles. The molecule has 0 saturated heterocycles. The number of pyridine rings is 1. The van der Waals surface area contributed by atoms with Crippen LogP contribution in [0, 0.1) is 0 Å². The Hall–Kier alpha value is -2.01. The van der Waals surface area contributed by atoms with Gasteiger partial charge >= 0.3 is 0 Å². The number of nitrogens with two attached hydrogens (primary N) is 1. The zero-order valence-corrected chi connectivity index (χ0v) is 9.90. The highest BCUT2D eigenvalue weighted by Gasteiger charge is 2.11. The Bertz CT molecular complexity index is 564. The van der Waals surface area contributed by atoms with Gasteiger partial charge in [-0.1, -0.05) is 11.6 Å². The summed E-state index contributed by atoms with van der Waals surface area (Å²) in [4.78, 5) is 15.7. The van der Waals surface area contributed by atoms with E-state index in [0.717, 1.165) is 0 Å². The number of amides is 1. The highest BCUT2D eigenvalue weighted by molar-refractivity contribution is 6.29. The Labute approximate surface area is 103 Å². The number of nitrogen functional groups attached to an aromatic ring is 1. The summed E-state index contributed by atoms with van der Waals surface area (Å²) >= 11 is 5.72. The van der Waals surface area contributed by atoms with Crippen molar-refractivity contribution in [1.82, 2.24) is 9.55 Å². The molecule has 6 heteroatoms. The summed E-state index contributed by atoms with van der Waals surface area (Å²) in [5.74, 6) is -0.244. The van der Waals surface area contributed by atoms with E-state index in [4.69, 9.17) is 17.3 Å². The fourth-order valence-corrected chi connectivity index (χ4v) is 1.67. The van der Waals surface area contributed by atoms with E-state index < -0.39 is 0 Å². The zero-order valence-electron chi connectivity index (χ0n) is 9.14. The van der Waals surface area contributed by atoms with Crippen LogP contribution in [0.25, 0.3) is 0 Å². The van der Waals surface area contributed by atoms with Crippen molar-refractivity contribution >= 4 is 28.9 Å². The van der Waals surface area contributed by atoms with Crippen LogP contribution in [0.1, 0.15) is 10.5 Å². The fourth-order valence-electron chi connectivity index (χ4n) is 1.49. The second-order valence-electron chi connectivity index (χ2n) is 3.59. The molecule has 0 spiro atoms. The van der Waals surface area contributed by atoms with Gasteiger partial charge < -0.3 is 15.6 Å². The van der Waals surface area contributed by atoms with Gasteiger partial charge in [0.25, 0.3) is 5.91 Å². The van der Waals surface area contributed by atoms with Crippen molar-refractivity contribution in [3.8, 4) is 0 Å². The average molecular weight is 251 g/mol. The van der Waals surface area contributed by atoms with Crippen molar-refractivity contribution in [2.45, 2.75) is 0 Å². The zero-order chi connectivity index (χ0) is 12.4. The van der Waals surface area contributed by atoms with Crippen molar-refractivity contribution in [3.05, 3.63) is 41.4 Å². The van der Waals surface area contributed by atoms with Crippen molar-refractivity contribution < 1.29 is 4.79 Å². The number of rotatable bonds is 2. The van der Waals surface area contributed by atoms with Crippen LogP contribution in [-0.4, -0.2) is 15.5 Å². The minimum Gasteiger partial charge on any atom is -0.397 e. The standard InChI is InChI=1S/C11H11ClN4O/c1-16-6-7(13)4-9(16)11(17)15-8-2-3-14-10(12)5-8/h2-6H,13H2,1H3,(H,14,15,17). The number of carbonyl (C=O) groups is 1. The molecular weight excluding hydrogens is 240 g/mol. The van der Waals surface area contributed by atoms with Crippen LogP contribution in [0.5, 0.6) is 0 Å². The number of anilines is 2. The maximum absolute atomic E-state index is 11.9. The van der Waals surface area contributed by atoms with E-state index in [1.807, 2.05) is 0 Å². The highest BCUT2D eigenvalue weighted by atomic mass is 35.5. The SMILES string of the molecule is Cn1cc(N)cc1C(=O)Nc1ccnc(Cl)c1. The van der Waals surface area contributed by atoms with Gasteiger partial charge in [0, 0.05) is 25.1 Å². The number of aromatic nitrogens is 2. The number of nitrogens with zero attached hydrogens (tertiary/aromatic N) is 2. The van der Waals surface area contributed by atoms with Crippen LogP contribution in [-0.2, 0) is 7.05 Å². The molecule has 2 heterocycles. The summed E-state index contributed by atoms with van der Waals surface area (Å²) < 4.78 is 1.66. The molecule has 0 fully saturated rings. The van der Waals surface area contributed by atoms with Gasteiger partial charge in [-0.2, -0.15) is 0 Å². The molecule has 1 amide bonds. The normalized spacial score (nSPS) is 10.2. The second kappa shape index (κ2) is 4.47. The lowest BCUT2D eigenvalue weighted by atomic mass is 10.3. The molecule has 0 saturated carbocycles. The minimum absolute atomic E-state index is 0.244. The van der Waals surface area contributed by atoms with Crippen molar-refractivity contribution in [1.29, 1.82) is 0 Å². The van der Waals surface area contributed by atoms with Gasteiger partial charge in [0.15, 0.2) is 0 Å². The summed E-state index contributed by atoms with van der Waals surface area (Å²) in [6.45, 7) is 0. The molecule has 5 nitrogen and oxygen atoms in total. The maximum Gasteiger partial charge on any atom is 0.272 e. The van der Waals surface area contributed by atoms with Crippen LogP contribution in [0.3, 0.4) is 0 Å². The van der Waals surface area contributed by atoms with Crippen molar-refractivity contribution in [2.75, 3.05) is 11.1 Å². The summed E-state index contributed by atoms with van der Waals surface area (Å²) in [6.07, 6.45) is 3.20. The molecule has 2 rings (SSSR count). The summed E-state index contributed by atoms with van der Waals surface area (Å²) in [5, 5.41) is 3.04. The lowest BCUT2D eigenvalue weighted by Gasteiger charge is -2.05. The Morgan fingerprint density at radius 3 is 2.88 bits per heavy atom. The molecule has 0 aliphatic rings. The lowest BCUT2D eigenvalue weighted by molar-refractivity contribution is 0.101. The molecule has 2 aromatic heterocycles. The lowest BCUT2D eigenvalue weighted by Crippen LogP contribution is -2.15. The predicted molar refractivity (Wildman–Crippen MR) is 67.0 cm³/mol. The third-order valence-electron chi connectivity index (χ3n) is 2.24. The molecule has 0 radical (unpaired) electrons. The largest absolute Gasteiger partial charge is 0.397 e. The second-order valence-corrected chi connectivity index (χ2v) is 3.98. The van der Waals surface area contributed by atoms with E-state index in [2.05, 4.69) is 10.3 Å². The van der Waals surface area contributed by atoms with Gasteiger partial charge in [0.1, 0.15) is 10.8 Å². The first-order valence-electron chi connectivity index (χ1n) is 4.91. The first-order valence-corrected chi connectivity index (χ1v) is 5.29. The maximum atomic E-state index is 11.9. The predicted octanol–water partition coefficient (Wildman–Crippen LogP) is 1.91. The first-order chi connectivity index (χ1) is 8.06. The van der Waals surface area contributed by atoms with Crippen LogP contribution in [0.4, 0.5) is 11.4 Å².